The molecule has 0 unspecified atom stereocenters. The molecule has 0 spiro atoms. The Hall–Kier alpha value is -2.48. The molecule has 8 heteroatoms. The van der Waals surface area contributed by atoms with E-state index in [0.717, 1.165) is 0 Å². The summed E-state index contributed by atoms with van der Waals surface area (Å²) in [4.78, 5) is 26.7. The number of hydrogen-bond acceptors (Lipinski definition) is 4. The normalized spacial score (nSPS) is 18.6. The lowest BCUT2D eigenvalue weighted by atomic mass is 10.2. The molecule has 1 amide bonds. The maximum absolute atomic E-state index is 11.7. The molecule has 3 rings (SSSR count). The predicted octanol–water partition coefficient (Wildman–Crippen LogP) is 0.624. The van der Waals surface area contributed by atoms with Gasteiger partial charge in [0.05, 0.1) is 18.7 Å². The van der Waals surface area contributed by atoms with Gasteiger partial charge in [-0.05, 0) is 12.1 Å². The number of para-hydroxylation sites is 1. The number of nitrogens with zero attached hydrogens (tertiary/aromatic N) is 2. The Bertz CT molecular complexity index is 751. The second kappa shape index (κ2) is 5.72. The molecule has 118 valence electrons. The molecule has 0 radical (unpaired) electrons. The second-order valence-electron chi connectivity index (χ2n) is 5.17. The third kappa shape index (κ3) is 2.64. The molecular formula is C14H17N3O5. The largest absolute Gasteiger partial charge is 0.489 e. The van der Waals surface area contributed by atoms with Gasteiger partial charge in [-0.1, -0.05) is 6.07 Å². The highest BCUT2D eigenvalue weighted by molar-refractivity contribution is 5.81. The fourth-order valence-corrected chi connectivity index (χ4v) is 2.56. The van der Waals surface area contributed by atoms with Crippen molar-refractivity contribution in [1.82, 2.24) is 14.5 Å². The third-order valence-electron chi connectivity index (χ3n) is 3.71. The van der Waals surface area contributed by atoms with Gasteiger partial charge in [-0.15, -0.1) is 0 Å². The van der Waals surface area contributed by atoms with E-state index >= 15 is 0 Å². The molecule has 1 aliphatic rings. The molecule has 2 N–H and O–H groups in total. The standard InChI is InChI=1S/C14H17N3O5/c1-16-12-10(15-13(16)18)3-2-4-11(12)22-8-9-7-17(14(19)20)5-6-21-9/h2-4,9H,5-8H2,1H3,(H,15,18)(H,19,20)/t9-/m1/s1. The number of morpholine rings is 1. The van der Waals surface area contributed by atoms with Crippen LogP contribution in [-0.2, 0) is 11.8 Å². The molecule has 2 aromatic rings. The maximum atomic E-state index is 11.7. The highest BCUT2D eigenvalue weighted by Gasteiger charge is 2.24. The highest BCUT2D eigenvalue weighted by atomic mass is 16.5. The van der Waals surface area contributed by atoms with E-state index in [4.69, 9.17) is 14.6 Å². The number of aromatic amines is 1. The van der Waals surface area contributed by atoms with Crippen molar-refractivity contribution < 1.29 is 19.4 Å². The topological polar surface area (TPSA) is 96.8 Å². The van der Waals surface area contributed by atoms with Crippen molar-refractivity contribution in [3.05, 3.63) is 28.7 Å². The van der Waals surface area contributed by atoms with Crippen LogP contribution >= 0.6 is 0 Å². The van der Waals surface area contributed by atoms with Gasteiger partial charge < -0.3 is 24.5 Å². The molecule has 2 heterocycles. The summed E-state index contributed by atoms with van der Waals surface area (Å²) in [5.41, 5.74) is 1.16. The first kappa shape index (κ1) is 14.5. The monoisotopic (exact) mass is 307 g/mol. The molecule has 1 atom stereocenters. The first-order valence-corrected chi connectivity index (χ1v) is 6.96. The zero-order valence-corrected chi connectivity index (χ0v) is 12.1. The van der Waals surface area contributed by atoms with E-state index in [1.165, 1.54) is 9.47 Å². The zero-order valence-electron chi connectivity index (χ0n) is 12.1. The molecule has 0 aliphatic carbocycles. The Labute approximate surface area is 125 Å². The Morgan fingerprint density at radius 1 is 1.55 bits per heavy atom. The number of ether oxygens (including phenoxy) is 2. The SMILES string of the molecule is Cn1c(=O)[nH]c2cccc(OC[C@H]3CN(C(=O)O)CCO3)c21. The Balaban J connectivity index is 1.74. The van der Waals surface area contributed by atoms with Crippen LogP contribution in [0.25, 0.3) is 11.0 Å². The van der Waals surface area contributed by atoms with Crippen molar-refractivity contribution >= 4 is 17.1 Å². The Kier molecular flexibility index (Phi) is 3.76. The number of aryl methyl sites for hydroxylation is 1. The number of nitrogens with one attached hydrogen (secondary N) is 1. The van der Waals surface area contributed by atoms with Gasteiger partial charge in [-0.25, -0.2) is 9.59 Å². The van der Waals surface area contributed by atoms with Gasteiger partial charge in [-0.3, -0.25) is 4.57 Å². The lowest BCUT2D eigenvalue weighted by molar-refractivity contribution is -0.0410. The summed E-state index contributed by atoms with van der Waals surface area (Å²) < 4.78 is 12.8. The van der Waals surface area contributed by atoms with Crippen LogP contribution in [0.1, 0.15) is 0 Å². The van der Waals surface area contributed by atoms with Gasteiger partial charge in [-0.2, -0.15) is 0 Å². The van der Waals surface area contributed by atoms with Crippen LogP contribution < -0.4 is 10.4 Å². The summed E-state index contributed by atoms with van der Waals surface area (Å²) >= 11 is 0. The van der Waals surface area contributed by atoms with Crippen LogP contribution in [0.15, 0.2) is 23.0 Å². The number of imidazole rings is 1. The number of rotatable bonds is 3. The Morgan fingerprint density at radius 3 is 3.14 bits per heavy atom. The molecular weight excluding hydrogens is 290 g/mol. The van der Waals surface area contributed by atoms with Gasteiger partial charge in [0.15, 0.2) is 0 Å². The summed E-state index contributed by atoms with van der Waals surface area (Å²) in [7, 11) is 1.66. The molecule has 22 heavy (non-hydrogen) atoms. The van der Waals surface area contributed by atoms with Crippen LogP contribution in [0.4, 0.5) is 4.79 Å². The number of benzene rings is 1. The maximum Gasteiger partial charge on any atom is 0.407 e. The zero-order chi connectivity index (χ0) is 15.7. The number of H-pyrrole nitrogens is 1. The molecule has 1 aromatic heterocycles. The highest BCUT2D eigenvalue weighted by Crippen LogP contribution is 2.23. The fourth-order valence-electron chi connectivity index (χ4n) is 2.56. The van der Waals surface area contributed by atoms with Gasteiger partial charge in [0.2, 0.25) is 0 Å². The lowest BCUT2D eigenvalue weighted by Gasteiger charge is -2.30. The van der Waals surface area contributed by atoms with E-state index in [-0.39, 0.29) is 24.9 Å². The summed E-state index contributed by atoms with van der Waals surface area (Å²) in [5, 5.41) is 9.01. The summed E-state index contributed by atoms with van der Waals surface area (Å²) in [6.45, 7) is 1.22. The predicted molar refractivity (Wildman–Crippen MR) is 78.4 cm³/mol. The first-order valence-electron chi connectivity index (χ1n) is 6.96. The minimum absolute atomic E-state index is 0.211. The summed E-state index contributed by atoms with van der Waals surface area (Å²) in [6.07, 6.45) is -1.28. The van der Waals surface area contributed by atoms with Crippen molar-refractivity contribution in [1.29, 1.82) is 0 Å². The molecule has 0 saturated carbocycles. The molecule has 8 nitrogen and oxygen atoms in total. The van der Waals surface area contributed by atoms with Crippen LogP contribution in [-0.4, -0.2) is 58.1 Å². The average Bonchev–Trinajstić information content (AvgIpc) is 2.81. The van der Waals surface area contributed by atoms with Crippen LogP contribution in [0.2, 0.25) is 0 Å². The number of hydrogen-bond donors (Lipinski definition) is 2. The first-order chi connectivity index (χ1) is 10.6. The van der Waals surface area contributed by atoms with Crippen molar-refractivity contribution in [3.8, 4) is 5.75 Å². The fraction of sp³-hybridized carbons (Fsp3) is 0.429. The van der Waals surface area contributed by atoms with E-state index in [1.54, 1.807) is 25.2 Å². The third-order valence-corrected chi connectivity index (χ3v) is 3.71. The minimum atomic E-state index is -0.955. The van der Waals surface area contributed by atoms with Crippen molar-refractivity contribution in [2.75, 3.05) is 26.3 Å². The van der Waals surface area contributed by atoms with Gasteiger partial charge in [0, 0.05) is 13.6 Å². The van der Waals surface area contributed by atoms with Crippen molar-refractivity contribution in [2.45, 2.75) is 6.10 Å². The average molecular weight is 307 g/mol. The van der Waals surface area contributed by atoms with Gasteiger partial charge >= 0.3 is 11.8 Å². The second-order valence-corrected chi connectivity index (χ2v) is 5.17. The van der Waals surface area contributed by atoms with E-state index in [1.807, 2.05) is 0 Å². The number of carbonyl (C=O) groups is 1. The summed E-state index contributed by atoms with van der Waals surface area (Å²) in [6, 6.07) is 5.36. The lowest BCUT2D eigenvalue weighted by Crippen LogP contribution is -2.47. The number of aromatic nitrogens is 2. The smallest absolute Gasteiger partial charge is 0.407 e. The summed E-state index contributed by atoms with van der Waals surface area (Å²) in [5.74, 6) is 0.564. The quantitative estimate of drug-likeness (QED) is 0.866. The van der Waals surface area contributed by atoms with E-state index in [2.05, 4.69) is 4.98 Å². The van der Waals surface area contributed by atoms with Crippen LogP contribution in [0, 0.1) is 0 Å². The van der Waals surface area contributed by atoms with E-state index in [9.17, 15) is 9.59 Å². The van der Waals surface area contributed by atoms with Crippen molar-refractivity contribution in [3.63, 3.8) is 0 Å². The minimum Gasteiger partial charge on any atom is -0.489 e. The van der Waals surface area contributed by atoms with E-state index in [0.29, 0.717) is 29.9 Å². The number of fused-ring (bicyclic) bond motifs is 1. The molecule has 1 fully saturated rings. The Morgan fingerprint density at radius 2 is 2.36 bits per heavy atom. The van der Waals surface area contributed by atoms with Gasteiger partial charge in [0.1, 0.15) is 24.0 Å². The molecule has 0 bridgehead atoms. The molecule has 1 aromatic carbocycles. The molecule has 1 saturated heterocycles. The number of amides is 1. The van der Waals surface area contributed by atoms with Crippen LogP contribution in [0.3, 0.4) is 0 Å². The van der Waals surface area contributed by atoms with E-state index < -0.39 is 6.09 Å². The van der Waals surface area contributed by atoms with Gasteiger partial charge in [0.25, 0.3) is 0 Å². The van der Waals surface area contributed by atoms with Crippen molar-refractivity contribution in [2.24, 2.45) is 7.05 Å². The molecule has 1 aliphatic heterocycles. The number of carboxylic acid groups (broad SMARTS) is 1. The van der Waals surface area contributed by atoms with Crippen LogP contribution in [0.5, 0.6) is 5.75 Å².